The van der Waals surface area contributed by atoms with Gasteiger partial charge in [-0.25, -0.2) is 4.39 Å². The van der Waals surface area contributed by atoms with Gasteiger partial charge < -0.3 is 5.73 Å². The van der Waals surface area contributed by atoms with E-state index < -0.39 is 0 Å². The Morgan fingerprint density at radius 2 is 1.71 bits per heavy atom. The molecule has 0 aromatic heterocycles. The van der Waals surface area contributed by atoms with E-state index in [-0.39, 0.29) is 10.8 Å². The van der Waals surface area contributed by atoms with Gasteiger partial charge >= 0.3 is 0 Å². The summed E-state index contributed by atoms with van der Waals surface area (Å²) >= 11 is 6.03. The number of anilines is 1. The summed E-state index contributed by atoms with van der Waals surface area (Å²) in [6.07, 6.45) is 2.13. The standard InChI is InChI=1S/C18H13ClFN/c19-16-9-12(20)8-15(18(16)21)13-7-6-11-5-4-10-2-1-3-14(13)17(10)11/h1-3,6-9H,4-5,21H2. The number of halogens is 2. The Balaban J connectivity index is 2.10. The Morgan fingerprint density at radius 1 is 0.952 bits per heavy atom. The third-order valence-corrected chi connectivity index (χ3v) is 4.57. The van der Waals surface area contributed by atoms with Crippen molar-refractivity contribution in [3.8, 4) is 11.1 Å². The van der Waals surface area contributed by atoms with Crippen molar-refractivity contribution in [3.05, 3.63) is 64.4 Å². The van der Waals surface area contributed by atoms with Crippen molar-refractivity contribution in [3.63, 3.8) is 0 Å². The van der Waals surface area contributed by atoms with Crippen LogP contribution in [0.2, 0.25) is 5.02 Å². The number of hydrogen-bond donors (Lipinski definition) is 1. The zero-order chi connectivity index (χ0) is 14.6. The first kappa shape index (κ1) is 12.7. The van der Waals surface area contributed by atoms with E-state index in [0.29, 0.717) is 11.3 Å². The second-order valence-electron chi connectivity index (χ2n) is 5.46. The molecule has 1 aliphatic rings. The number of nitrogen functional groups attached to an aromatic ring is 1. The monoisotopic (exact) mass is 297 g/mol. The van der Waals surface area contributed by atoms with E-state index in [0.717, 1.165) is 23.8 Å². The first-order valence-corrected chi connectivity index (χ1v) is 7.31. The van der Waals surface area contributed by atoms with Gasteiger partial charge in [-0.1, -0.05) is 41.9 Å². The Kier molecular flexibility index (Phi) is 2.69. The summed E-state index contributed by atoms with van der Waals surface area (Å²) < 4.78 is 13.7. The SMILES string of the molecule is Nc1c(Cl)cc(F)cc1-c1ccc2c3c(cccc13)CC2. The zero-order valence-corrected chi connectivity index (χ0v) is 12.0. The molecule has 0 heterocycles. The van der Waals surface area contributed by atoms with Crippen molar-refractivity contribution in [1.29, 1.82) is 0 Å². The fraction of sp³-hybridized carbons (Fsp3) is 0.111. The predicted octanol–water partition coefficient (Wildman–Crippen LogP) is 4.98. The summed E-state index contributed by atoms with van der Waals surface area (Å²) in [7, 11) is 0. The highest BCUT2D eigenvalue weighted by molar-refractivity contribution is 6.34. The molecular weight excluding hydrogens is 285 g/mol. The van der Waals surface area contributed by atoms with Crippen molar-refractivity contribution in [2.45, 2.75) is 12.8 Å². The molecule has 0 spiro atoms. The van der Waals surface area contributed by atoms with Gasteiger partial charge in [-0.3, -0.25) is 0 Å². The second kappa shape index (κ2) is 4.47. The molecule has 4 rings (SSSR count). The summed E-state index contributed by atoms with van der Waals surface area (Å²) in [4.78, 5) is 0. The molecule has 0 bridgehead atoms. The maximum absolute atomic E-state index is 13.7. The van der Waals surface area contributed by atoms with Crippen LogP contribution in [-0.4, -0.2) is 0 Å². The number of nitrogens with two attached hydrogens (primary N) is 1. The van der Waals surface area contributed by atoms with Gasteiger partial charge in [0.25, 0.3) is 0 Å². The van der Waals surface area contributed by atoms with Crippen LogP contribution in [0.25, 0.3) is 21.9 Å². The molecule has 1 nitrogen and oxygen atoms in total. The molecule has 3 aromatic rings. The maximum atomic E-state index is 13.7. The van der Waals surface area contributed by atoms with Crippen LogP contribution in [0.5, 0.6) is 0 Å². The van der Waals surface area contributed by atoms with Crippen molar-refractivity contribution < 1.29 is 4.39 Å². The molecule has 2 N–H and O–H groups in total. The van der Waals surface area contributed by atoms with E-state index >= 15 is 0 Å². The van der Waals surface area contributed by atoms with E-state index in [1.54, 1.807) is 0 Å². The average molecular weight is 298 g/mol. The topological polar surface area (TPSA) is 26.0 Å². The molecular formula is C18H13ClFN. The Bertz CT molecular complexity index is 876. The Morgan fingerprint density at radius 3 is 2.52 bits per heavy atom. The lowest BCUT2D eigenvalue weighted by Gasteiger charge is -2.12. The van der Waals surface area contributed by atoms with E-state index in [4.69, 9.17) is 17.3 Å². The molecule has 1 aliphatic carbocycles. The van der Waals surface area contributed by atoms with E-state index in [9.17, 15) is 4.39 Å². The summed E-state index contributed by atoms with van der Waals surface area (Å²) in [6, 6.07) is 13.1. The molecule has 0 atom stereocenters. The minimum atomic E-state index is -0.368. The lowest BCUT2D eigenvalue weighted by Crippen LogP contribution is -1.94. The van der Waals surface area contributed by atoms with Crippen molar-refractivity contribution in [1.82, 2.24) is 0 Å². The molecule has 0 amide bonds. The van der Waals surface area contributed by atoms with Gasteiger partial charge in [0.1, 0.15) is 5.82 Å². The summed E-state index contributed by atoms with van der Waals surface area (Å²) in [6.45, 7) is 0. The fourth-order valence-electron chi connectivity index (χ4n) is 3.29. The summed E-state index contributed by atoms with van der Waals surface area (Å²) in [5, 5.41) is 2.67. The number of rotatable bonds is 1. The van der Waals surface area contributed by atoms with E-state index in [2.05, 4.69) is 18.2 Å². The number of aryl methyl sites for hydroxylation is 2. The Hall–Kier alpha value is -2.06. The molecule has 0 unspecified atom stereocenters. The van der Waals surface area contributed by atoms with Crippen LogP contribution >= 0.6 is 11.6 Å². The number of hydrogen-bond acceptors (Lipinski definition) is 1. The zero-order valence-electron chi connectivity index (χ0n) is 11.3. The lowest BCUT2D eigenvalue weighted by atomic mass is 9.94. The highest BCUT2D eigenvalue weighted by atomic mass is 35.5. The van der Waals surface area contributed by atoms with Crippen LogP contribution in [0.1, 0.15) is 11.1 Å². The van der Waals surface area contributed by atoms with Crippen LogP contribution in [0, 0.1) is 5.82 Å². The molecule has 104 valence electrons. The van der Waals surface area contributed by atoms with E-state index in [1.165, 1.54) is 28.6 Å². The highest BCUT2D eigenvalue weighted by Crippen LogP contribution is 2.40. The maximum Gasteiger partial charge on any atom is 0.125 e. The van der Waals surface area contributed by atoms with Crippen molar-refractivity contribution in [2.75, 3.05) is 5.73 Å². The minimum absolute atomic E-state index is 0.258. The van der Waals surface area contributed by atoms with Gasteiger partial charge in [0, 0.05) is 5.56 Å². The number of benzene rings is 3. The normalized spacial score (nSPS) is 13.0. The lowest BCUT2D eigenvalue weighted by molar-refractivity contribution is 0.628. The van der Waals surface area contributed by atoms with Crippen LogP contribution in [-0.2, 0) is 12.8 Å². The van der Waals surface area contributed by atoms with Crippen LogP contribution < -0.4 is 5.73 Å². The second-order valence-corrected chi connectivity index (χ2v) is 5.87. The Labute approximate surface area is 127 Å². The molecule has 21 heavy (non-hydrogen) atoms. The third kappa shape index (κ3) is 1.83. The van der Waals surface area contributed by atoms with Gasteiger partial charge in [0.05, 0.1) is 10.7 Å². The molecule has 0 aliphatic heterocycles. The average Bonchev–Trinajstić information content (AvgIpc) is 2.89. The smallest absolute Gasteiger partial charge is 0.125 e. The highest BCUT2D eigenvalue weighted by Gasteiger charge is 2.18. The van der Waals surface area contributed by atoms with Gasteiger partial charge in [0.15, 0.2) is 0 Å². The van der Waals surface area contributed by atoms with E-state index in [1.807, 2.05) is 12.1 Å². The molecule has 0 saturated heterocycles. The van der Waals surface area contributed by atoms with Crippen molar-refractivity contribution >= 4 is 28.1 Å². The first-order valence-electron chi connectivity index (χ1n) is 6.93. The van der Waals surface area contributed by atoms with Crippen LogP contribution in [0.3, 0.4) is 0 Å². The van der Waals surface area contributed by atoms with Crippen LogP contribution in [0.4, 0.5) is 10.1 Å². The van der Waals surface area contributed by atoms with Crippen molar-refractivity contribution in [2.24, 2.45) is 0 Å². The van der Waals surface area contributed by atoms with Gasteiger partial charge in [-0.2, -0.15) is 0 Å². The molecule has 3 aromatic carbocycles. The molecule has 0 saturated carbocycles. The van der Waals surface area contributed by atoms with Gasteiger partial charge in [-0.05, 0) is 52.4 Å². The predicted molar refractivity (Wildman–Crippen MR) is 86.2 cm³/mol. The first-order chi connectivity index (χ1) is 10.1. The largest absolute Gasteiger partial charge is 0.397 e. The summed E-state index contributed by atoms with van der Waals surface area (Å²) in [5.74, 6) is -0.368. The third-order valence-electron chi connectivity index (χ3n) is 4.26. The van der Waals surface area contributed by atoms with Crippen LogP contribution in [0.15, 0.2) is 42.5 Å². The molecule has 0 fully saturated rings. The summed E-state index contributed by atoms with van der Waals surface area (Å²) in [5.41, 5.74) is 10.8. The molecule has 3 heteroatoms. The molecule has 0 radical (unpaired) electrons. The fourth-order valence-corrected chi connectivity index (χ4v) is 3.50. The van der Waals surface area contributed by atoms with Gasteiger partial charge in [0.2, 0.25) is 0 Å². The quantitative estimate of drug-likeness (QED) is 0.630. The van der Waals surface area contributed by atoms with Gasteiger partial charge in [-0.15, -0.1) is 0 Å². The minimum Gasteiger partial charge on any atom is -0.397 e.